The second-order valence-electron chi connectivity index (χ2n) is 4.50. The SMILES string of the molecule is Cc1c(CC(=O)OC2CCOC2(F)F)ccc(F)c1F. The van der Waals surface area contributed by atoms with Crippen molar-refractivity contribution in [3.63, 3.8) is 0 Å². The number of halogens is 4. The topological polar surface area (TPSA) is 35.5 Å². The molecule has 2 rings (SSSR count). The Morgan fingerprint density at radius 3 is 2.75 bits per heavy atom. The highest BCUT2D eigenvalue weighted by Crippen LogP contribution is 2.31. The fraction of sp³-hybridized carbons (Fsp3) is 0.462. The molecule has 0 bridgehead atoms. The predicted octanol–water partition coefficient (Wildman–Crippen LogP) is 2.74. The zero-order chi connectivity index (χ0) is 14.9. The summed E-state index contributed by atoms with van der Waals surface area (Å²) in [6.45, 7) is 1.10. The van der Waals surface area contributed by atoms with E-state index in [1.165, 1.54) is 13.0 Å². The standard InChI is InChI=1S/C13H12F4O3/c1-7-8(2-3-9(14)12(7)15)6-11(18)20-10-4-5-19-13(10,16)17/h2-3,10H,4-6H2,1H3. The molecular formula is C13H12F4O3. The van der Waals surface area contributed by atoms with Crippen LogP contribution in [0.25, 0.3) is 0 Å². The lowest BCUT2D eigenvalue weighted by atomic mass is 10.1. The van der Waals surface area contributed by atoms with E-state index in [1.807, 2.05) is 0 Å². The van der Waals surface area contributed by atoms with E-state index in [9.17, 15) is 22.4 Å². The molecule has 3 nitrogen and oxygen atoms in total. The van der Waals surface area contributed by atoms with Gasteiger partial charge in [0.25, 0.3) is 0 Å². The molecule has 0 aromatic heterocycles. The van der Waals surface area contributed by atoms with Crippen molar-refractivity contribution in [3.05, 3.63) is 34.9 Å². The number of esters is 1. The van der Waals surface area contributed by atoms with Gasteiger partial charge in [-0.2, -0.15) is 8.78 Å². The number of carbonyl (C=O) groups excluding carboxylic acids is 1. The highest BCUT2D eigenvalue weighted by molar-refractivity contribution is 5.73. The smallest absolute Gasteiger partial charge is 0.392 e. The third-order valence-electron chi connectivity index (χ3n) is 3.11. The van der Waals surface area contributed by atoms with Crippen LogP contribution in [0.4, 0.5) is 17.6 Å². The molecule has 7 heteroatoms. The monoisotopic (exact) mass is 292 g/mol. The fourth-order valence-corrected chi connectivity index (χ4v) is 1.93. The highest BCUT2D eigenvalue weighted by Gasteiger charge is 2.48. The van der Waals surface area contributed by atoms with Crippen LogP contribution < -0.4 is 0 Å². The summed E-state index contributed by atoms with van der Waals surface area (Å²) in [6.07, 6.45) is -5.65. The second kappa shape index (κ2) is 5.40. The summed E-state index contributed by atoms with van der Waals surface area (Å²) in [5, 5.41) is 0. The van der Waals surface area contributed by atoms with Gasteiger partial charge in [-0.05, 0) is 24.1 Å². The van der Waals surface area contributed by atoms with Gasteiger partial charge in [-0.25, -0.2) is 8.78 Å². The van der Waals surface area contributed by atoms with Gasteiger partial charge in [-0.15, -0.1) is 0 Å². The van der Waals surface area contributed by atoms with Crippen LogP contribution in [0.5, 0.6) is 0 Å². The summed E-state index contributed by atoms with van der Waals surface area (Å²) in [5.41, 5.74) is 0.146. The molecule has 110 valence electrons. The van der Waals surface area contributed by atoms with E-state index in [4.69, 9.17) is 0 Å². The zero-order valence-electron chi connectivity index (χ0n) is 10.6. The van der Waals surface area contributed by atoms with E-state index in [1.54, 1.807) is 0 Å². The quantitative estimate of drug-likeness (QED) is 0.635. The molecule has 1 atom stereocenters. The van der Waals surface area contributed by atoms with E-state index in [2.05, 4.69) is 9.47 Å². The molecule has 0 amide bonds. The Balaban J connectivity index is 2.04. The van der Waals surface area contributed by atoms with Crippen molar-refractivity contribution in [3.8, 4) is 0 Å². The van der Waals surface area contributed by atoms with Crippen LogP contribution in [0.15, 0.2) is 12.1 Å². The summed E-state index contributed by atoms with van der Waals surface area (Å²) in [5.74, 6) is -3.03. The number of carbonyl (C=O) groups is 1. The summed E-state index contributed by atoms with van der Waals surface area (Å²) in [7, 11) is 0. The molecule has 1 unspecified atom stereocenters. The lowest BCUT2D eigenvalue weighted by molar-refractivity contribution is -0.253. The van der Waals surface area contributed by atoms with Crippen molar-refractivity contribution in [2.45, 2.75) is 32.0 Å². The minimum Gasteiger partial charge on any atom is -0.453 e. The normalized spacial score (nSPS) is 20.9. The van der Waals surface area contributed by atoms with Crippen molar-refractivity contribution >= 4 is 5.97 Å². The van der Waals surface area contributed by atoms with Crippen LogP contribution in [0.2, 0.25) is 0 Å². The molecule has 1 saturated heterocycles. The lowest BCUT2D eigenvalue weighted by Crippen LogP contribution is -2.33. The van der Waals surface area contributed by atoms with Gasteiger partial charge >= 0.3 is 12.1 Å². The first-order valence-electron chi connectivity index (χ1n) is 5.96. The van der Waals surface area contributed by atoms with Crippen molar-refractivity contribution in [1.82, 2.24) is 0 Å². The molecule has 0 saturated carbocycles. The number of hydrogen-bond acceptors (Lipinski definition) is 3. The highest BCUT2D eigenvalue weighted by atomic mass is 19.3. The lowest BCUT2D eigenvalue weighted by Gasteiger charge is -2.18. The van der Waals surface area contributed by atoms with Crippen molar-refractivity contribution in [2.75, 3.05) is 6.61 Å². The molecule has 1 aliphatic rings. The minimum atomic E-state index is -3.50. The third-order valence-corrected chi connectivity index (χ3v) is 3.11. The van der Waals surface area contributed by atoms with Gasteiger partial charge in [-0.1, -0.05) is 6.07 Å². The van der Waals surface area contributed by atoms with Crippen LogP contribution in [-0.2, 0) is 20.7 Å². The van der Waals surface area contributed by atoms with E-state index in [0.29, 0.717) is 0 Å². The van der Waals surface area contributed by atoms with E-state index >= 15 is 0 Å². The average molecular weight is 292 g/mol. The molecule has 1 fully saturated rings. The maximum atomic E-state index is 13.3. The summed E-state index contributed by atoms with van der Waals surface area (Å²) in [4.78, 5) is 11.6. The van der Waals surface area contributed by atoms with Crippen LogP contribution in [-0.4, -0.2) is 24.8 Å². The Kier molecular flexibility index (Phi) is 3.99. The van der Waals surface area contributed by atoms with Crippen LogP contribution in [0.1, 0.15) is 17.5 Å². The molecule has 20 heavy (non-hydrogen) atoms. The molecule has 0 spiro atoms. The molecule has 0 radical (unpaired) electrons. The van der Waals surface area contributed by atoms with E-state index < -0.39 is 36.2 Å². The largest absolute Gasteiger partial charge is 0.453 e. The first kappa shape index (κ1) is 14.8. The minimum absolute atomic E-state index is 0.0450. The van der Waals surface area contributed by atoms with Gasteiger partial charge in [0.2, 0.25) is 0 Å². The second-order valence-corrected chi connectivity index (χ2v) is 4.50. The Morgan fingerprint density at radius 1 is 1.45 bits per heavy atom. The van der Waals surface area contributed by atoms with E-state index in [0.717, 1.165) is 6.07 Å². The summed E-state index contributed by atoms with van der Waals surface area (Å²) < 4.78 is 61.2. The van der Waals surface area contributed by atoms with Crippen LogP contribution in [0, 0.1) is 18.6 Å². The number of benzene rings is 1. The number of ether oxygens (including phenoxy) is 2. The van der Waals surface area contributed by atoms with Gasteiger partial charge < -0.3 is 9.47 Å². The van der Waals surface area contributed by atoms with Gasteiger partial charge in [0, 0.05) is 6.42 Å². The van der Waals surface area contributed by atoms with Gasteiger partial charge in [-0.3, -0.25) is 4.79 Å². The third kappa shape index (κ3) is 2.92. The van der Waals surface area contributed by atoms with Crippen LogP contribution >= 0.6 is 0 Å². The van der Waals surface area contributed by atoms with Gasteiger partial charge in [0.1, 0.15) is 0 Å². The maximum Gasteiger partial charge on any atom is 0.392 e. The molecule has 1 aliphatic heterocycles. The average Bonchev–Trinajstić information content (AvgIpc) is 2.70. The first-order chi connectivity index (χ1) is 9.31. The number of hydrogen-bond donors (Lipinski definition) is 0. The van der Waals surface area contributed by atoms with Crippen molar-refractivity contribution in [2.24, 2.45) is 0 Å². The maximum absolute atomic E-state index is 13.3. The summed E-state index contributed by atoms with van der Waals surface area (Å²) in [6, 6.07) is 2.09. The molecule has 1 heterocycles. The molecular weight excluding hydrogens is 280 g/mol. The molecule has 0 N–H and O–H groups in total. The zero-order valence-corrected chi connectivity index (χ0v) is 10.6. The van der Waals surface area contributed by atoms with Crippen molar-refractivity contribution in [1.29, 1.82) is 0 Å². The van der Waals surface area contributed by atoms with Gasteiger partial charge in [0.05, 0.1) is 13.0 Å². The van der Waals surface area contributed by atoms with Gasteiger partial charge in [0.15, 0.2) is 17.7 Å². The fourth-order valence-electron chi connectivity index (χ4n) is 1.93. The first-order valence-corrected chi connectivity index (χ1v) is 5.96. The summed E-state index contributed by atoms with van der Waals surface area (Å²) >= 11 is 0. The Labute approximate surface area is 112 Å². The Bertz CT molecular complexity index is 531. The predicted molar refractivity (Wildman–Crippen MR) is 60.2 cm³/mol. The molecule has 0 aliphatic carbocycles. The molecule has 1 aromatic carbocycles. The van der Waals surface area contributed by atoms with E-state index in [-0.39, 0.29) is 24.2 Å². The van der Waals surface area contributed by atoms with Crippen molar-refractivity contribution < 1.29 is 31.8 Å². The Morgan fingerprint density at radius 2 is 2.15 bits per heavy atom. The number of rotatable bonds is 3. The van der Waals surface area contributed by atoms with Crippen LogP contribution in [0.3, 0.4) is 0 Å². The Hall–Kier alpha value is -1.63. The number of alkyl halides is 2. The molecule has 1 aromatic rings.